The van der Waals surface area contributed by atoms with E-state index in [1.165, 1.54) is 0 Å². The Morgan fingerprint density at radius 2 is 1.87 bits per heavy atom. The van der Waals surface area contributed by atoms with Gasteiger partial charge in [-0.2, -0.15) is 0 Å². The van der Waals surface area contributed by atoms with E-state index in [-0.39, 0.29) is 0 Å². The molecule has 2 N–H and O–H groups in total. The van der Waals surface area contributed by atoms with Crippen LogP contribution >= 0.6 is 11.6 Å². The zero-order chi connectivity index (χ0) is 11.4. The standard InChI is InChI=1S/C11H18ClN3/c1-14(2)6-7-15(3)11-5-4-9(13)8-10(11)12/h4-5,8H,6-7,13H2,1-3H3. The number of benzene rings is 1. The molecule has 0 atom stereocenters. The summed E-state index contributed by atoms with van der Waals surface area (Å²) in [7, 11) is 6.14. The van der Waals surface area contributed by atoms with Crippen LogP contribution < -0.4 is 10.6 Å². The van der Waals surface area contributed by atoms with Crippen LogP contribution in [0, 0.1) is 0 Å². The van der Waals surface area contributed by atoms with Crippen LogP contribution in [0.3, 0.4) is 0 Å². The molecule has 0 fully saturated rings. The maximum atomic E-state index is 6.10. The van der Waals surface area contributed by atoms with Crippen molar-refractivity contribution in [2.75, 3.05) is 44.9 Å². The minimum atomic E-state index is 0.699. The fourth-order valence-electron chi connectivity index (χ4n) is 1.30. The van der Waals surface area contributed by atoms with Gasteiger partial charge in [-0.1, -0.05) is 11.6 Å². The number of rotatable bonds is 4. The first-order chi connectivity index (χ1) is 7.00. The number of nitrogens with two attached hydrogens (primary N) is 1. The lowest BCUT2D eigenvalue weighted by atomic mass is 10.2. The highest BCUT2D eigenvalue weighted by atomic mass is 35.5. The Hall–Kier alpha value is -0.930. The number of halogens is 1. The van der Waals surface area contributed by atoms with Gasteiger partial charge in [-0.3, -0.25) is 0 Å². The summed E-state index contributed by atoms with van der Waals surface area (Å²) in [5, 5.41) is 0.705. The van der Waals surface area contributed by atoms with Gasteiger partial charge in [0.05, 0.1) is 10.7 Å². The van der Waals surface area contributed by atoms with Gasteiger partial charge in [-0.05, 0) is 32.3 Å². The first-order valence-electron chi connectivity index (χ1n) is 4.91. The van der Waals surface area contributed by atoms with Crippen molar-refractivity contribution in [3.63, 3.8) is 0 Å². The molecule has 0 amide bonds. The number of likely N-dealkylation sites (N-methyl/N-ethyl adjacent to an activating group) is 2. The molecular formula is C11H18ClN3. The van der Waals surface area contributed by atoms with Crippen molar-refractivity contribution in [1.29, 1.82) is 0 Å². The molecule has 3 nitrogen and oxygen atoms in total. The van der Waals surface area contributed by atoms with Gasteiger partial charge in [-0.15, -0.1) is 0 Å². The van der Waals surface area contributed by atoms with Crippen LogP contribution in [0.1, 0.15) is 0 Å². The maximum Gasteiger partial charge on any atom is 0.0659 e. The molecule has 0 saturated heterocycles. The SMILES string of the molecule is CN(C)CCN(C)c1ccc(N)cc1Cl. The zero-order valence-corrected chi connectivity index (χ0v) is 10.3. The molecule has 0 aliphatic rings. The second-order valence-corrected chi connectivity index (χ2v) is 4.34. The minimum Gasteiger partial charge on any atom is -0.399 e. The zero-order valence-electron chi connectivity index (χ0n) is 9.50. The van der Waals surface area contributed by atoms with Gasteiger partial charge in [0.2, 0.25) is 0 Å². The van der Waals surface area contributed by atoms with Crippen LogP contribution in [0.25, 0.3) is 0 Å². The summed E-state index contributed by atoms with van der Waals surface area (Å²) in [6, 6.07) is 5.60. The number of nitrogen functional groups attached to an aromatic ring is 1. The Morgan fingerprint density at radius 1 is 1.20 bits per heavy atom. The van der Waals surface area contributed by atoms with Crippen molar-refractivity contribution < 1.29 is 0 Å². The molecule has 0 heterocycles. The van der Waals surface area contributed by atoms with E-state index in [0.29, 0.717) is 10.7 Å². The molecule has 1 rings (SSSR count). The predicted molar refractivity (Wildman–Crippen MR) is 67.7 cm³/mol. The number of hydrogen-bond donors (Lipinski definition) is 1. The Labute approximate surface area is 96.4 Å². The average molecular weight is 228 g/mol. The monoisotopic (exact) mass is 227 g/mol. The second kappa shape index (κ2) is 5.24. The van der Waals surface area contributed by atoms with E-state index in [9.17, 15) is 0 Å². The molecule has 0 saturated carbocycles. The molecule has 4 heteroatoms. The van der Waals surface area contributed by atoms with Crippen molar-refractivity contribution in [3.05, 3.63) is 23.2 Å². The van der Waals surface area contributed by atoms with E-state index in [1.54, 1.807) is 6.07 Å². The van der Waals surface area contributed by atoms with Gasteiger partial charge in [-0.25, -0.2) is 0 Å². The molecule has 1 aromatic rings. The topological polar surface area (TPSA) is 32.5 Å². The summed E-state index contributed by atoms with van der Waals surface area (Å²) in [6.45, 7) is 1.94. The summed E-state index contributed by atoms with van der Waals surface area (Å²) in [6.07, 6.45) is 0. The lowest BCUT2D eigenvalue weighted by Gasteiger charge is -2.22. The number of anilines is 2. The Kier molecular flexibility index (Phi) is 4.24. The first-order valence-corrected chi connectivity index (χ1v) is 5.29. The van der Waals surface area contributed by atoms with E-state index in [0.717, 1.165) is 18.8 Å². The van der Waals surface area contributed by atoms with E-state index in [1.807, 2.05) is 19.2 Å². The van der Waals surface area contributed by atoms with Crippen molar-refractivity contribution in [2.45, 2.75) is 0 Å². The molecule has 0 spiro atoms. The van der Waals surface area contributed by atoms with E-state index >= 15 is 0 Å². The van der Waals surface area contributed by atoms with Gasteiger partial charge < -0.3 is 15.5 Å². The van der Waals surface area contributed by atoms with Gasteiger partial charge in [0.1, 0.15) is 0 Å². The van der Waals surface area contributed by atoms with Crippen LogP contribution in [0.4, 0.5) is 11.4 Å². The van der Waals surface area contributed by atoms with Crippen molar-refractivity contribution in [3.8, 4) is 0 Å². The minimum absolute atomic E-state index is 0.699. The van der Waals surface area contributed by atoms with Crippen LogP contribution in [0.15, 0.2) is 18.2 Å². The number of nitrogens with zero attached hydrogens (tertiary/aromatic N) is 2. The van der Waals surface area contributed by atoms with Crippen molar-refractivity contribution >= 4 is 23.0 Å². The fourth-order valence-corrected chi connectivity index (χ4v) is 1.64. The maximum absolute atomic E-state index is 6.10. The van der Waals surface area contributed by atoms with Crippen molar-refractivity contribution in [2.24, 2.45) is 0 Å². The largest absolute Gasteiger partial charge is 0.399 e. The molecule has 0 aromatic heterocycles. The molecule has 0 aliphatic heterocycles. The molecular weight excluding hydrogens is 210 g/mol. The summed E-state index contributed by atoms with van der Waals surface area (Å²) >= 11 is 6.10. The fraction of sp³-hybridized carbons (Fsp3) is 0.455. The molecule has 0 aliphatic carbocycles. The van der Waals surface area contributed by atoms with E-state index in [2.05, 4.69) is 23.9 Å². The summed E-state index contributed by atoms with van der Waals surface area (Å²) in [4.78, 5) is 4.27. The second-order valence-electron chi connectivity index (χ2n) is 3.94. The predicted octanol–water partition coefficient (Wildman–Crippen LogP) is 1.92. The molecule has 84 valence electrons. The molecule has 1 aromatic carbocycles. The summed E-state index contributed by atoms with van der Waals surface area (Å²) in [5.41, 5.74) is 7.36. The summed E-state index contributed by atoms with van der Waals surface area (Å²) in [5.74, 6) is 0. The van der Waals surface area contributed by atoms with E-state index in [4.69, 9.17) is 17.3 Å². The Bertz CT molecular complexity index is 326. The third-order valence-corrected chi connectivity index (χ3v) is 2.57. The highest BCUT2D eigenvalue weighted by molar-refractivity contribution is 6.33. The van der Waals surface area contributed by atoms with Crippen molar-refractivity contribution in [1.82, 2.24) is 4.90 Å². The van der Waals surface area contributed by atoms with Crippen LogP contribution in [-0.2, 0) is 0 Å². The quantitative estimate of drug-likeness (QED) is 0.798. The van der Waals surface area contributed by atoms with Gasteiger partial charge in [0.15, 0.2) is 0 Å². The summed E-state index contributed by atoms with van der Waals surface area (Å²) < 4.78 is 0. The van der Waals surface area contributed by atoms with Gasteiger partial charge in [0.25, 0.3) is 0 Å². The first kappa shape index (κ1) is 12.1. The van der Waals surface area contributed by atoms with E-state index < -0.39 is 0 Å². The lowest BCUT2D eigenvalue weighted by Crippen LogP contribution is -2.28. The number of hydrogen-bond acceptors (Lipinski definition) is 3. The average Bonchev–Trinajstić information content (AvgIpc) is 2.14. The highest BCUT2D eigenvalue weighted by Gasteiger charge is 2.06. The Morgan fingerprint density at radius 3 is 2.40 bits per heavy atom. The smallest absolute Gasteiger partial charge is 0.0659 e. The lowest BCUT2D eigenvalue weighted by molar-refractivity contribution is 0.416. The third kappa shape index (κ3) is 3.61. The highest BCUT2D eigenvalue weighted by Crippen LogP contribution is 2.26. The normalized spacial score (nSPS) is 10.7. The molecule has 0 radical (unpaired) electrons. The van der Waals surface area contributed by atoms with Crippen LogP contribution in [-0.4, -0.2) is 39.1 Å². The molecule has 0 unspecified atom stereocenters. The van der Waals surface area contributed by atoms with Crippen LogP contribution in [0.5, 0.6) is 0 Å². The third-order valence-electron chi connectivity index (χ3n) is 2.27. The van der Waals surface area contributed by atoms with Crippen LogP contribution in [0.2, 0.25) is 5.02 Å². The molecule has 0 bridgehead atoms. The Balaban J connectivity index is 2.69. The molecule has 15 heavy (non-hydrogen) atoms. The van der Waals surface area contributed by atoms with Gasteiger partial charge >= 0.3 is 0 Å². The van der Waals surface area contributed by atoms with Gasteiger partial charge in [0, 0.05) is 25.8 Å².